The number of methoxy groups -OCH3 is 1. The average Bonchev–Trinajstić information content (AvgIpc) is 3.98. The predicted octanol–water partition coefficient (Wildman–Crippen LogP) is 4.55. The third-order valence-electron chi connectivity index (χ3n) is 11.3. The molecule has 292 valence electrons. The van der Waals surface area contributed by atoms with E-state index in [0.29, 0.717) is 52.2 Å². The van der Waals surface area contributed by atoms with Gasteiger partial charge >= 0.3 is 0 Å². The van der Waals surface area contributed by atoms with Crippen molar-refractivity contribution in [1.82, 2.24) is 35.1 Å². The molecule has 1 unspecified atom stereocenters. The molecular formula is C41H42N10O6. The van der Waals surface area contributed by atoms with Crippen LogP contribution in [0.25, 0.3) is 10.5 Å². The zero-order chi connectivity index (χ0) is 39.8. The number of nitrogens with one attached hydrogen (secondary N) is 3. The number of imidazole rings is 1. The largest absolute Gasteiger partial charge is 0.496 e. The number of imide groups is 1. The molecule has 5 amide bonds. The number of nitrogens with zero attached hydrogens (tertiary/aromatic N) is 7. The Balaban J connectivity index is 0.913. The second-order valence-electron chi connectivity index (χ2n) is 14.7. The second-order valence-corrected chi connectivity index (χ2v) is 14.7. The van der Waals surface area contributed by atoms with Gasteiger partial charge in [0.1, 0.15) is 23.3 Å². The molecule has 16 nitrogen and oxygen atoms in total. The van der Waals surface area contributed by atoms with Gasteiger partial charge in [-0.25, -0.2) is 9.97 Å². The third kappa shape index (κ3) is 6.94. The first kappa shape index (κ1) is 37.3. The Morgan fingerprint density at radius 1 is 1.09 bits per heavy atom. The van der Waals surface area contributed by atoms with Crippen molar-refractivity contribution < 1.29 is 28.7 Å². The molecule has 2 aromatic heterocycles. The quantitative estimate of drug-likeness (QED) is 0.145. The van der Waals surface area contributed by atoms with Gasteiger partial charge in [0.2, 0.25) is 17.7 Å². The number of amides is 5. The molecule has 3 aliphatic heterocycles. The fourth-order valence-electron chi connectivity index (χ4n) is 8.57. The molecule has 2 aromatic carbocycles. The van der Waals surface area contributed by atoms with E-state index in [2.05, 4.69) is 37.6 Å². The first-order valence-corrected chi connectivity index (χ1v) is 19.3. The Bertz CT molecular complexity index is 2340. The van der Waals surface area contributed by atoms with Crippen molar-refractivity contribution in [3.63, 3.8) is 0 Å². The average molecular weight is 771 g/mol. The lowest BCUT2D eigenvalue weighted by Crippen LogP contribution is -2.52. The minimum Gasteiger partial charge on any atom is -0.496 e. The van der Waals surface area contributed by atoms with Gasteiger partial charge in [0.25, 0.3) is 17.6 Å². The first-order valence-electron chi connectivity index (χ1n) is 19.3. The van der Waals surface area contributed by atoms with Gasteiger partial charge in [-0.1, -0.05) is 38.5 Å². The Hall–Kier alpha value is -6.63. The zero-order valence-electron chi connectivity index (χ0n) is 31.7. The van der Waals surface area contributed by atoms with Gasteiger partial charge in [0, 0.05) is 66.3 Å². The van der Waals surface area contributed by atoms with Crippen LogP contribution in [0.4, 0.5) is 17.3 Å². The van der Waals surface area contributed by atoms with E-state index in [9.17, 15) is 24.0 Å². The summed E-state index contributed by atoms with van der Waals surface area (Å²) in [7, 11) is 1.54. The molecule has 4 aromatic rings. The van der Waals surface area contributed by atoms with Crippen LogP contribution in [0.3, 0.4) is 0 Å². The topological polar surface area (TPSA) is 185 Å². The highest BCUT2D eigenvalue weighted by molar-refractivity contribution is 6.07. The van der Waals surface area contributed by atoms with E-state index in [1.807, 2.05) is 10.6 Å². The number of hydrogen-bond donors (Lipinski definition) is 3. The maximum Gasteiger partial charge on any atom is 0.293 e. The maximum absolute atomic E-state index is 13.2. The van der Waals surface area contributed by atoms with Gasteiger partial charge in [-0.2, -0.15) is 0 Å². The normalized spacial score (nSPS) is 18.7. The number of benzene rings is 2. The third-order valence-corrected chi connectivity index (χ3v) is 11.3. The number of anilines is 2. The molecule has 3 N–H and O–H groups in total. The lowest BCUT2D eigenvalue weighted by molar-refractivity contribution is -0.137. The van der Waals surface area contributed by atoms with Crippen LogP contribution in [0.1, 0.15) is 108 Å². The number of ether oxygens (including phenoxy) is 1. The van der Waals surface area contributed by atoms with Crippen LogP contribution < -0.4 is 25.6 Å². The summed E-state index contributed by atoms with van der Waals surface area (Å²) in [6.07, 6.45) is 9.43. The summed E-state index contributed by atoms with van der Waals surface area (Å²) < 4.78 is 7.67. The SMILES string of the molecule is [C-]#[N+]c1ncn2c1[C@@H](CC)N(C1CCCC1)c1nc(Cc3ccc(C(=O)NCCC(=O)Nc4cccc5c4CN(C4CCC(=O)NC4=O)C5=O)cc3OC)ncc1-2. The highest BCUT2D eigenvalue weighted by atomic mass is 16.5. The maximum atomic E-state index is 13.2. The second kappa shape index (κ2) is 15.5. The van der Waals surface area contributed by atoms with Gasteiger partial charge in [-0.3, -0.25) is 33.9 Å². The van der Waals surface area contributed by atoms with E-state index in [1.165, 1.54) is 4.90 Å². The van der Waals surface area contributed by atoms with Crippen molar-refractivity contribution in [1.29, 1.82) is 0 Å². The summed E-state index contributed by atoms with van der Waals surface area (Å²) in [6, 6.07) is 9.68. The molecule has 0 spiro atoms. The number of piperidine rings is 1. The zero-order valence-corrected chi connectivity index (χ0v) is 31.7. The summed E-state index contributed by atoms with van der Waals surface area (Å²) >= 11 is 0. The van der Waals surface area contributed by atoms with Crippen molar-refractivity contribution in [2.75, 3.05) is 23.9 Å². The standard InChI is InChI=1S/C41H42N10O6/c1-4-29-36-37(42-2)45-22-50(36)31-20-44-33(47-38(31)51(29)25-8-5-6-9-25)19-23-12-13-24(18-32(23)57-3)39(54)43-17-16-35(53)46-28-11-7-10-26-27(28)21-49(41(26)56)30-14-15-34(52)48-40(30)55/h7,10-13,18,20,22,25,29-30H,4-6,8-9,14-17,19,21H2,1,3H3,(H,43,54)(H,46,53)(H,48,52,55)/t29-,30?/m1/s1. The summed E-state index contributed by atoms with van der Waals surface area (Å²) in [5.41, 5.74) is 4.28. The molecule has 2 atom stereocenters. The molecule has 4 aliphatic rings. The van der Waals surface area contributed by atoms with E-state index in [1.54, 1.807) is 50.0 Å². The summed E-state index contributed by atoms with van der Waals surface area (Å²) in [4.78, 5) is 85.2. The molecule has 57 heavy (non-hydrogen) atoms. The summed E-state index contributed by atoms with van der Waals surface area (Å²) in [6.45, 7) is 10.0. The minimum atomic E-state index is -0.764. The molecule has 1 aliphatic carbocycles. The highest BCUT2D eigenvalue weighted by Crippen LogP contribution is 2.46. The lowest BCUT2D eigenvalue weighted by Gasteiger charge is -2.42. The van der Waals surface area contributed by atoms with Crippen molar-refractivity contribution in [3.05, 3.63) is 94.1 Å². The smallest absolute Gasteiger partial charge is 0.293 e. The molecule has 0 bridgehead atoms. The van der Waals surface area contributed by atoms with Gasteiger partial charge in [-0.15, -0.1) is 4.98 Å². The highest BCUT2D eigenvalue weighted by Gasteiger charge is 2.41. The number of carbonyl (C=O) groups is 5. The van der Waals surface area contributed by atoms with E-state index in [-0.39, 0.29) is 62.0 Å². The number of carbonyl (C=O) groups excluding carboxylic acids is 5. The Morgan fingerprint density at radius 3 is 2.67 bits per heavy atom. The molecule has 16 heteroatoms. The molecule has 5 heterocycles. The van der Waals surface area contributed by atoms with E-state index < -0.39 is 11.9 Å². The number of fused-ring (bicyclic) bond motifs is 4. The number of rotatable bonds is 11. The van der Waals surface area contributed by atoms with Crippen molar-refractivity contribution >= 4 is 46.9 Å². The molecule has 8 rings (SSSR count). The summed E-state index contributed by atoms with van der Waals surface area (Å²) in [5, 5.41) is 7.93. The first-order chi connectivity index (χ1) is 27.7. The number of hydrogen-bond acceptors (Lipinski definition) is 10. The van der Waals surface area contributed by atoms with Crippen LogP contribution in [-0.2, 0) is 27.3 Å². The Labute approximate surface area is 328 Å². The summed E-state index contributed by atoms with van der Waals surface area (Å²) in [5.74, 6) is 0.396. The molecule has 1 saturated heterocycles. The van der Waals surface area contributed by atoms with Gasteiger partial charge in [0.05, 0.1) is 25.0 Å². The van der Waals surface area contributed by atoms with Crippen molar-refractivity contribution in [2.24, 2.45) is 0 Å². The Morgan fingerprint density at radius 2 is 1.91 bits per heavy atom. The minimum absolute atomic E-state index is 0.0262. The lowest BCUT2D eigenvalue weighted by atomic mass is 10.0. The molecule has 1 saturated carbocycles. The monoisotopic (exact) mass is 770 g/mol. The number of aromatic nitrogens is 4. The fourth-order valence-corrected chi connectivity index (χ4v) is 8.57. The van der Waals surface area contributed by atoms with Gasteiger partial charge in [0.15, 0.2) is 12.1 Å². The van der Waals surface area contributed by atoms with Crippen LogP contribution in [0.5, 0.6) is 5.75 Å². The molecule has 2 fully saturated rings. The van der Waals surface area contributed by atoms with Crippen molar-refractivity contribution in [2.45, 2.75) is 89.4 Å². The predicted molar refractivity (Wildman–Crippen MR) is 207 cm³/mol. The van der Waals surface area contributed by atoms with Crippen LogP contribution >= 0.6 is 0 Å². The van der Waals surface area contributed by atoms with Crippen LogP contribution in [0.15, 0.2) is 48.9 Å². The van der Waals surface area contributed by atoms with Gasteiger partial charge in [-0.05, 0) is 49.9 Å². The van der Waals surface area contributed by atoms with Crippen LogP contribution in [-0.4, -0.2) is 79.7 Å². The fraction of sp³-hybridized carbons (Fsp3) is 0.390. The van der Waals surface area contributed by atoms with Crippen molar-refractivity contribution in [3.8, 4) is 11.4 Å². The van der Waals surface area contributed by atoms with Gasteiger partial charge < -0.3 is 30.0 Å². The van der Waals surface area contributed by atoms with E-state index in [4.69, 9.17) is 21.3 Å². The molecular weight excluding hydrogens is 729 g/mol. The van der Waals surface area contributed by atoms with E-state index in [0.717, 1.165) is 54.9 Å². The van der Waals surface area contributed by atoms with Crippen LogP contribution in [0.2, 0.25) is 0 Å². The molecule has 0 radical (unpaired) electrons. The van der Waals surface area contributed by atoms with E-state index >= 15 is 0 Å². The van der Waals surface area contributed by atoms with Crippen LogP contribution in [0, 0.1) is 6.57 Å². The Kier molecular flexibility index (Phi) is 10.1.